The van der Waals surface area contributed by atoms with Crippen LogP contribution < -0.4 is 5.32 Å². The van der Waals surface area contributed by atoms with Crippen molar-refractivity contribution >= 4 is 9.84 Å². The van der Waals surface area contributed by atoms with Crippen LogP contribution in [-0.4, -0.2) is 27.3 Å². The van der Waals surface area contributed by atoms with E-state index in [2.05, 4.69) is 5.32 Å². The van der Waals surface area contributed by atoms with Gasteiger partial charge in [-0.1, -0.05) is 43.7 Å². The molecular formula is C14H23NO2S. The second-order valence-electron chi connectivity index (χ2n) is 5.18. The molecule has 1 N–H and O–H groups in total. The number of sulfone groups is 1. The zero-order chi connectivity index (χ0) is 13.8. The van der Waals surface area contributed by atoms with Gasteiger partial charge in [-0.2, -0.15) is 0 Å². The maximum atomic E-state index is 12.1. The summed E-state index contributed by atoms with van der Waals surface area (Å²) in [6, 6.07) is 7.69. The fourth-order valence-electron chi connectivity index (χ4n) is 2.00. The molecule has 0 aliphatic carbocycles. The van der Waals surface area contributed by atoms with E-state index in [1.165, 1.54) is 0 Å². The third kappa shape index (κ3) is 4.78. The summed E-state index contributed by atoms with van der Waals surface area (Å²) in [7, 11) is -1.26. The molecule has 1 unspecified atom stereocenters. The topological polar surface area (TPSA) is 46.2 Å². The van der Waals surface area contributed by atoms with Crippen LogP contribution in [0.15, 0.2) is 24.3 Å². The highest BCUT2D eigenvalue weighted by Crippen LogP contribution is 2.12. The van der Waals surface area contributed by atoms with Crippen molar-refractivity contribution in [1.82, 2.24) is 5.32 Å². The van der Waals surface area contributed by atoms with Crippen molar-refractivity contribution in [2.45, 2.75) is 32.6 Å². The van der Waals surface area contributed by atoms with Crippen molar-refractivity contribution in [3.05, 3.63) is 35.4 Å². The van der Waals surface area contributed by atoms with Crippen LogP contribution in [0.25, 0.3) is 0 Å². The first-order valence-electron chi connectivity index (χ1n) is 6.27. The van der Waals surface area contributed by atoms with Gasteiger partial charge in [-0.3, -0.25) is 0 Å². The Morgan fingerprint density at radius 3 is 2.44 bits per heavy atom. The van der Waals surface area contributed by atoms with Gasteiger partial charge in [-0.05, 0) is 25.5 Å². The highest BCUT2D eigenvalue weighted by molar-refractivity contribution is 7.90. The molecule has 0 bridgehead atoms. The molecule has 1 aromatic carbocycles. The second kappa shape index (κ2) is 6.34. The highest BCUT2D eigenvalue weighted by Gasteiger charge is 2.20. The van der Waals surface area contributed by atoms with E-state index in [4.69, 9.17) is 0 Å². The Hall–Kier alpha value is -0.870. The monoisotopic (exact) mass is 269 g/mol. The lowest BCUT2D eigenvalue weighted by Gasteiger charge is -2.20. The predicted octanol–water partition coefficient (Wildman–Crippen LogP) is 2.15. The molecule has 4 heteroatoms. The molecule has 0 saturated heterocycles. The summed E-state index contributed by atoms with van der Waals surface area (Å²) in [4.78, 5) is 0. The molecule has 18 heavy (non-hydrogen) atoms. The Balaban J connectivity index is 2.76. The van der Waals surface area contributed by atoms with Crippen LogP contribution in [-0.2, 0) is 15.6 Å². The summed E-state index contributed by atoms with van der Waals surface area (Å²) in [6.45, 7) is 6.04. The molecule has 0 aliphatic rings. The zero-order valence-electron chi connectivity index (χ0n) is 11.6. The molecule has 0 amide bonds. The van der Waals surface area contributed by atoms with Crippen LogP contribution in [0.5, 0.6) is 0 Å². The molecule has 1 atom stereocenters. The molecule has 0 spiro atoms. The Labute approximate surface area is 111 Å². The van der Waals surface area contributed by atoms with Crippen LogP contribution in [0.4, 0.5) is 0 Å². The fourth-order valence-corrected chi connectivity index (χ4v) is 3.90. The summed E-state index contributed by atoms with van der Waals surface area (Å²) < 4.78 is 24.3. The van der Waals surface area contributed by atoms with Gasteiger partial charge in [0.05, 0.1) is 11.5 Å². The minimum absolute atomic E-state index is 0.0137. The third-order valence-corrected chi connectivity index (χ3v) is 4.72. The van der Waals surface area contributed by atoms with Crippen molar-refractivity contribution < 1.29 is 8.42 Å². The van der Waals surface area contributed by atoms with Gasteiger partial charge in [-0.15, -0.1) is 0 Å². The van der Waals surface area contributed by atoms with Crippen LogP contribution in [0.2, 0.25) is 0 Å². The van der Waals surface area contributed by atoms with Gasteiger partial charge in [0.25, 0.3) is 0 Å². The van der Waals surface area contributed by atoms with E-state index in [1.807, 2.05) is 52.1 Å². The molecular weight excluding hydrogens is 246 g/mol. The Bertz CT molecular complexity index is 480. The average Bonchev–Trinajstić information content (AvgIpc) is 2.25. The number of aryl methyl sites for hydroxylation is 1. The van der Waals surface area contributed by atoms with Gasteiger partial charge in [0.1, 0.15) is 0 Å². The van der Waals surface area contributed by atoms with E-state index >= 15 is 0 Å². The third-order valence-electron chi connectivity index (χ3n) is 3.08. The smallest absolute Gasteiger partial charge is 0.155 e. The minimum atomic E-state index is -3.07. The number of hydrogen-bond acceptors (Lipinski definition) is 3. The normalized spacial score (nSPS) is 13.8. The standard InChI is InChI=1S/C14H23NO2S/c1-11(2)14(15-4)10-18(16,17)9-13-7-5-6-12(3)8-13/h5-8,11,14-15H,9-10H2,1-4H3. The first-order chi connectivity index (χ1) is 8.34. The van der Waals surface area contributed by atoms with Crippen LogP contribution >= 0.6 is 0 Å². The van der Waals surface area contributed by atoms with Gasteiger partial charge in [0, 0.05) is 6.04 Å². The van der Waals surface area contributed by atoms with E-state index in [1.54, 1.807) is 0 Å². The Morgan fingerprint density at radius 2 is 1.94 bits per heavy atom. The molecule has 0 saturated carbocycles. The Morgan fingerprint density at radius 1 is 1.28 bits per heavy atom. The zero-order valence-corrected chi connectivity index (χ0v) is 12.4. The molecule has 0 heterocycles. The molecule has 0 aromatic heterocycles. The maximum Gasteiger partial charge on any atom is 0.155 e. The largest absolute Gasteiger partial charge is 0.316 e. The van der Waals surface area contributed by atoms with E-state index in [0.717, 1.165) is 11.1 Å². The van der Waals surface area contributed by atoms with Crippen molar-refractivity contribution in [3.8, 4) is 0 Å². The maximum absolute atomic E-state index is 12.1. The summed E-state index contributed by atoms with van der Waals surface area (Å²) in [5.41, 5.74) is 1.96. The lowest BCUT2D eigenvalue weighted by molar-refractivity contribution is 0.455. The lowest BCUT2D eigenvalue weighted by Crippen LogP contribution is -2.37. The molecule has 3 nitrogen and oxygen atoms in total. The van der Waals surface area contributed by atoms with Crippen molar-refractivity contribution in [2.75, 3.05) is 12.8 Å². The van der Waals surface area contributed by atoms with Gasteiger partial charge in [0.2, 0.25) is 0 Å². The molecule has 0 fully saturated rings. The van der Waals surface area contributed by atoms with E-state index in [0.29, 0.717) is 5.92 Å². The molecule has 0 radical (unpaired) electrons. The minimum Gasteiger partial charge on any atom is -0.316 e. The molecule has 0 aliphatic heterocycles. The summed E-state index contributed by atoms with van der Waals surface area (Å²) >= 11 is 0. The molecule has 1 aromatic rings. The summed E-state index contributed by atoms with van der Waals surface area (Å²) in [5, 5.41) is 3.08. The van der Waals surface area contributed by atoms with E-state index in [-0.39, 0.29) is 17.5 Å². The highest BCUT2D eigenvalue weighted by atomic mass is 32.2. The van der Waals surface area contributed by atoms with Crippen LogP contribution in [0.3, 0.4) is 0 Å². The lowest BCUT2D eigenvalue weighted by atomic mass is 10.1. The van der Waals surface area contributed by atoms with Gasteiger partial charge < -0.3 is 5.32 Å². The van der Waals surface area contributed by atoms with Gasteiger partial charge in [-0.25, -0.2) is 8.42 Å². The van der Waals surface area contributed by atoms with Gasteiger partial charge >= 0.3 is 0 Å². The number of rotatable bonds is 6. The quantitative estimate of drug-likeness (QED) is 0.861. The van der Waals surface area contributed by atoms with E-state index < -0.39 is 9.84 Å². The first kappa shape index (κ1) is 15.2. The molecule has 102 valence electrons. The first-order valence-corrected chi connectivity index (χ1v) is 8.09. The molecule has 1 rings (SSSR count). The SMILES string of the molecule is CNC(CS(=O)(=O)Cc1cccc(C)c1)C(C)C. The van der Waals surface area contributed by atoms with Crippen molar-refractivity contribution in [3.63, 3.8) is 0 Å². The van der Waals surface area contributed by atoms with Crippen molar-refractivity contribution in [1.29, 1.82) is 0 Å². The predicted molar refractivity (Wildman–Crippen MR) is 76.4 cm³/mol. The van der Waals surface area contributed by atoms with Gasteiger partial charge in [0.15, 0.2) is 9.84 Å². The second-order valence-corrected chi connectivity index (χ2v) is 7.29. The summed E-state index contributed by atoms with van der Waals surface area (Å²) in [6.07, 6.45) is 0. The van der Waals surface area contributed by atoms with E-state index in [9.17, 15) is 8.42 Å². The Kier molecular flexibility index (Phi) is 5.35. The average molecular weight is 269 g/mol. The van der Waals surface area contributed by atoms with Crippen LogP contribution in [0, 0.1) is 12.8 Å². The van der Waals surface area contributed by atoms with Crippen molar-refractivity contribution in [2.24, 2.45) is 5.92 Å². The number of nitrogens with one attached hydrogen (secondary N) is 1. The summed E-state index contributed by atoms with van der Waals surface area (Å²) in [5.74, 6) is 0.622. The number of hydrogen-bond donors (Lipinski definition) is 1. The van der Waals surface area contributed by atoms with Crippen LogP contribution in [0.1, 0.15) is 25.0 Å². The fraction of sp³-hybridized carbons (Fsp3) is 0.571. The number of benzene rings is 1.